The van der Waals surface area contributed by atoms with Gasteiger partial charge in [0.2, 0.25) is 0 Å². The number of hydrogen-bond acceptors (Lipinski definition) is 12. The molecule has 21 atom stereocenters. The van der Waals surface area contributed by atoms with Crippen molar-refractivity contribution in [2.75, 3.05) is 6.61 Å². The zero-order valence-corrected chi connectivity index (χ0v) is 33.3. The Bertz CT molecular complexity index is 1510. The Balaban J connectivity index is 0.938. The van der Waals surface area contributed by atoms with Crippen molar-refractivity contribution in [1.82, 2.24) is 0 Å². The summed E-state index contributed by atoms with van der Waals surface area (Å²) in [5, 5.41) is 20.7. The number of carbonyl (C=O) groups excluding carboxylic acids is 1. The van der Waals surface area contributed by atoms with Crippen molar-refractivity contribution in [3.05, 3.63) is 24.3 Å². The summed E-state index contributed by atoms with van der Waals surface area (Å²) in [6.07, 6.45) is 6.54. The summed E-state index contributed by atoms with van der Waals surface area (Å²) in [4.78, 5) is 14.1. The molecule has 9 aliphatic heterocycles. The van der Waals surface area contributed by atoms with Gasteiger partial charge < -0.3 is 52.8 Å². The number of carbonyl (C=O) groups is 1. The van der Waals surface area contributed by atoms with E-state index < -0.39 is 36.3 Å². The third-order valence-corrected chi connectivity index (χ3v) is 15.7. The summed E-state index contributed by atoms with van der Waals surface area (Å²) in [6.45, 7) is 13.1. The number of esters is 1. The van der Waals surface area contributed by atoms with Crippen LogP contribution in [0.5, 0.6) is 0 Å². The van der Waals surface area contributed by atoms with Crippen LogP contribution in [0.1, 0.15) is 110 Å². The van der Waals surface area contributed by atoms with E-state index in [-0.39, 0.29) is 104 Å². The molecule has 1 spiro atoms. The van der Waals surface area contributed by atoms with Crippen molar-refractivity contribution in [1.29, 1.82) is 0 Å². The van der Waals surface area contributed by atoms with E-state index >= 15 is 0 Å². The summed E-state index contributed by atoms with van der Waals surface area (Å²) in [6, 6.07) is 0. The van der Waals surface area contributed by atoms with Crippen LogP contribution in [0.2, 0.25) is 0 Å². The number of hydrogen-bond donors (Lipinski definition) is 2. The van der Waals surface area contributed by atoms with Crippen LogP contribution in [0, 0.1) is 23.7 Å². The van der Waals surface area contributed by atoms with Gasteiger partial charge in [0.05, 0.1) is 91.9 Å². The van der Waals surface area contributed by atoms with E-state index in [9.17, 15) is 15.0 Å². The average Bonchev–Trinajstić information content (AvgIpc) is 3.71. The number of aliphatic hydroxyl groups excluding tert-OH is 2. The molecule has 9 heterocycles. The fraction of sp³-hybridized carbons (Fsp3) is 0.886. The summed E-state index contributed by atoms with van der Waals surface area (Å²) in [5.41, 5.74) is 2.18. The van der Waals surface area contributed by atoms with Gasteiger partial charge in [-0.05, 0) is 87.2 Å². The molecule has 14 unspecified atom stereocenters. The number of ether oxygens (including phenoxy) is 9. The lowest BCUT2D eigenvalue weighted by atomic mass is 9.69. The lowest BCUT2D eigenvalue weighted by Gasteiger charge is -2.53. The molecular weight excluding hydrogens is 720 g/mol. The highest BCUT2D eigenvalue weighted by molar-refractivity contribution is 5.70. The van der Waals surface area contributed by atoms with Crippen LogP contribution in [0.25, 0.3) is 0 Å². The second-order valence-electron chi connectivity index (χ2n) is 19.3. The first kappa shape index (κ1) is 38.7. The maximum atomic E-state index is 14.1. The van der Waals surface area contributed by atoms with Crippen LogP contribution < -0.4 is 0 Å². The lowest BCUT2D eigenvalue weighted by molar-refractivity contribution is -0.296. The molecule has 12 heteroatoms. The van der Waals surface area contributed by atoms with Crippen molar-refractivity contribution < 1.29 is 57.6 Å². The van der Waals surface area contributed by atoms with Gasteiger partial charge in [-0.25, -0.2) is 0 Å². The van der Waals surface area contributed by atoms with Crippen LogP contribution in [0.15, 0.2) is 24.3 Å². The predicted octanol–water partition coefficient (Wildman–Crippen LogP) is 4.85. The number of fused-ring (bicyclic) bond motifs is 7. The summed E-state index contributed by atoms with van der Waals surface area (Å²) >= 11 is 0. The number of aliphatic hydroxyl groups is 2. The Kier molecular flexibility index (Phi) is 10.5. The molecule has 56 heavy (non-hydrogen) atoms. The quantitative estimate of drug-likeness (QED) is 0.293. The highest BCUT2D eigenvalue weighted by atomic mass is 16.7. The fourth-order valence-corrected chi connectivity index (χ4v) is 12.8. The topological polar surface area (TPSA) is 141 Å². The highest BCUT2D eigenvalue weighted by Gasteiger charge is 2.65. The van der Waals surface area contributed by atoms with E-state index in [4.69, 9.17) is 42.6 Å². The van der Waals surface area contributed by atoms with Gasteiger partial charge in [0.15, 0.2) is 5.79 Å². The molecule has 312 valence electrons. The van der Waals surface area contributed by atoms with Gasteiger partial charge in [0.25, 0.3) is 0 Å². The molecule has 10 rings (SSSR count). The normalized spacial score (nSPS) is 54.4. The molecule has 0 aromatic carbocycles. The van der Waals surface area contributed by atoms with Crippen molar-refractivity contribution >= 4 is 5.97 Å². The molecule has 9 saturated heterocycles. The van der Waals surface area contributed by atoms with Crippen LogP contribution >= 0.6 is 0 Å². The minimum absolute atomic E-state index is 0.00457. The Morgan fingerprint density at radius 3 is 2.34 bits per heavy atom. The lowest BCUT2D eigenvalue weighted by Crippen LogP contribution is -2.63. The Morgan fingerprint density at radius 1 is 0.696 bits per heavy atom. The van der Waals surface area contributed by atoms with Crippen molar-refractivity contribution in [3.63, 3.8) is 0 Å². The Labute approximate surface area is 331 Å². The zero-order chi connectivity index (χ0) is 38.5. The first-order valence-electron chi connectivity index (χ1n) is 22.2. The largest absolute Gasteiger partial charge is 0.459 e. The molecule has 0 aromatic heterocycles. The zero-order valence-electron chi connectivity index (χ0n) is 33.3. The van der Waals surface area contributed by atoms with Crippen LogP contribution in [0.3, 0.4) is 0 Å². The van der Waals surface area contributed by atoms with Crippen LogP contribution in [0.4, 0.5) is 0 Å². The number of rotatable bonds is 2. The Hall–Kier alpha value is -1.45. The molecule has 12 nitrogen and oxygen atoms in total. The molecule has 2 N–H and O–H groups in total. The minimum Gasteiger partial charge on any atom is -0.459 e. The fourth-order valence-electron chi connectivity index (χ4n) is 12.8. The summed E-state index contributed by atoms with van der Waals surface area (Å²) in [5.74, 6) is -0.381. The van der Waals surface area contributed by atoms with Gasteiger partial charge in [-0.3, -0.25) is 4.79 Å². The Morgan fingerprint density at radius 2 is 1.48 bits per heavy atom. The molecular formula is C44H64O12. The van der Waals surface area contributed by atoms with Crippen molar-refractivity contribution in [2.24, 2.45) is 23.7 Å². The molecule has 1 aliphatic carbocycles. The van der Waals surface area contributed by atoms with Crippen molar-refractivity contribution in [2.45, 2.75) is 214 Å². The van der Waals surface area contributed by atoms with Crippen LogP contribution in [-0.2, 0) is 47.4 Å². The first-order chi connectivity index (χ1) is 27.0. The molecule has 0 aromatic rings. The monoisotopic (exact) mass is 784 g/mol. The van der Waals surface area contributed by atoms with Gasteiger partial charge in [0, 0.05) is 44.1 Å². The van der Waals surface area contributed by atoms with E-state index in [1.165, 1.54) is 0 Å². The second kappa shape index (κ2) is 15.2. The van der Waals surface area contributed by atoms with Gasteiger partial charge in [-0.15, -0.1) is 0 Å². The van der Waals surface area contributed by atoms with E-state index in [0.29, 0.717) is 31.6 Å². The third-order valence-electron chi connectivity index (χ3n) is 15.7. The van der Waals surface area contributed by atoms with Gasteiger partial charge >= 0.3 is 5.97 Å². The second-order valence-corrected chi connectivity index (χ2v) is 19.3. The standard InChI is InChI=1S/C44H64O12/c1-21-15-26-6-9-31-22(2)16-28(48-31)11-13-44-20-25-5-8-29-41(40(25)55-44)53-33-10-7-27(50-43(33)42(29)56-44)17-37(47)54-39-24(4)38-35(18-30(46)32(52-38)12-14-45)51-36(39)19-34(49-26)23(21)3/h21,24-36,38-43,45-46H,2-3,5-20H2,1,4H3/t21?,24-,25?,26?,27?,28?,29?,30?,31?,32?,33?,34?,35-,36-,38-,39?,40?,41+,42?,43-,44-/m0/s1. The molecule has 10 fully saturated rings. The molecule has 10 aliphatic rings. The van der Waals surface area contributed by atoms with Gasteiger partial charge in [0.1, 0.15) is 12.2 Å². The maximum Gasteiger partial charge on any atom is 0.308 e. The highest BCUT2D eigenvalue weighted by Crippen LogP contribution is 2.57. The SMILES string of the molecule is C=C1CC2CC[C@@]34CC5CCC6C(O3)[C@H]3OC(CCC3O[C@H]6C5O4)CC(=O)OC3[C@H](CC4OC(CCC1O2)CC(C)C4=C)O[C@H]1CC(O)C(CCO)O[C@H]1[C@@H]3C. The smallest absolute Gasteiger partial charge is 0.308 e. The van der Waals surface area contributed by atoms with E-state index in [1.54, 1.807) is 0 Å². The molecule has 0 amide bonds. The van der Waals surface area contributed by atoms with Crippen LogP contribution in [-0.4, -0.2) is 126 Å². The molecule has 11 bridgehead atoms. The average molecular weight is 785 g/mol. The molecule has 0 radical (unpaired) electrons. The van der Waals surface area contributed by atoms with Gasteiger partial charge in [-0.1, -0.05) is 27.0 Å². The summed E-state index contributed by atoms with van der Waals surface area (Å²) in [7, 11) is 0. The van der Waals surface area contributed by atoms with Crippen molar-refractivity contribution in [3.8, 4) is 0 Å². The van der Waals surface area contributed by atoms with E-state index in [1.807, 2.05) is 6.92 Å². The van der Waals surface area contributed by atoms with E-state index in [2.05, 4.69) is 20.1 Å². The van der Waals surface area contributed by atoms with Gasteiger partial charge in [-0.2, -0.15) is 0 Å². The van der Waals surface area contributed by atoms with E-state index in [0.717, 1.165) is 75.4 Å². The maximum absolute atomic E-state index is 14.1. The third kappa shape index (κ3) is 6.97. The summed E-state index contributed by atoms with van der Waals surface area (Å²) < 4.78 is 61.2. The first-order valence-corrected chi connectivity index (χ1v) is 22.2. The predicted molar refractivity (Wildman–Crippen MR) is 200 cm³/mol. The minimum atomic E-state index is -0.761. The molecule has 1 saturated carbocycles.